The molecule has 1 saturated carbocycles. The average molecular weight is 415 g/mol. The predicted molar refractivity (Wildman–Crippen MR) is 108 cm³/mol. The molecule has 0 spiro atoms. The zero-order chi connectivity index (χ0) is 21.3. The Morgan fingerprint density at radius 2 is 2.00 bits per heavy atom. The molecule has 0 amide bonds. The van der Waals surface area contributed by atoms with Gasteiger partial charge in [0, 0.05) is 23.6 Å². The first-order valence-corrected chi connectivity index (χ1v) is 9.81. The Morgan fingerprint density at radius 1 is 1.17 bits per heavy atom. The topological polar surface area (TPSA) is 96.1 Å². The molecule has 1 aromatic carbocycles. The van der Waals surface area contributed by atoms with E-state index in [0.717, 1.165) is 29.5 Å². The number of hydrogen-bond acceptors (Lipinski definition) is 6. The number of aromatic nitrogens is 4. The largest absolute Gasteiger partial charge is 0.390 e. The van der Waals surface area contributed by atoms with Crippen molar-refractivity contribution in [3.05, 3.63) is 54.1 Å². The molecule has 0 unspecified atom stereocenters. The molecule has 2 aromatic heterocycles. The van der Waals surface area contributed by atoms with Gasteiger partial charge in [0.05, 0.1) is 18.3 Å². The second-order valence-electron chi connectivity index (χ2n) is 7.58. The van der Waals surface area contributed by atoms with Gasteiger partial charge in [0.25, 0.3) is 6.43 Å². The molecule has 1 fully saturated rings. The molecule has 3 atom stereocenters. The first-order chi connectivity index (χ1) is 14.4. The van der Waals surface area contributed by atoms with E-state index < -0.39 is 18.6 Å². The highest BCUT2D eigenvalue weighted by Gasteiger charge is 2.32. The van der Waals surface area contributed by atoms with Gasteiger partial charge in [-0.3, -0.25) is 4.68 Å². The van der Waals surface area contributed by atoms with E-state index in [1.165, 1.54) is 12.3 Å². The Bertz CT molecular complexity index is 1030. The van der Waals surface area contributed by atoms with Gasteiger partial charge in [-0.1, -0.05) is 6.07 Å². The van der Waals surface area contributed by atoms with Crippen LogP contribution in [-0.2, 0) is 0 Å². The Balaban J connectivity index is 1.58. The van der Waals surface area contributed by atoms with E-state index in [2.05, 4.69) is 20.4 Å². The fraction of sp³-hybridized carbons (Fsp3) is 0.381. The number of nitrogens with one attached hydrogen (secondary N) is 1. The lowest BCUT2D eigenvalue weighted by atomic mass is 9.90. The third-order valence-corrected chi connectivity index (χ3v) is 5.30. The molecular weight excluding hydrogens is 392 g/mol. The second kappa shape index (κ2) is 8.45. The van der Waals surface area contributed by atoms with Gasteiger partial charge >= 0.3 is 0 Å². The fourth-order valence-electron chi connectivity index (χ4n) is 3.80. The zero-order valence-corrected chi connectivity index (χ0v) is 16.4. The normalized spacial score (nSPS) is 21.7. The standard InChI is InChI=1S/C21H23F2N5O2/c1-12-7-13(9-15(8-12)26-21-24-6-5-16(27-21)20(22)23)14-10-25-28(11-14)17-3-2-4-18(29)19(17)30/h5-11,17-20,29-30H,2-4H2,1H3,(H,24,26,27)/t17-,18+,19-/m1/s1. The molecular formula is C21H23F2N5O2. The first-order valence-electron chi connectivity index (χ1n) is 9.81. The number of benzene rings is 1. The monoisotopic (exact) mass is 415 g/mol. The molecule has 7 nitrogen and oxygen atoms in total. The van der Waals surface area contributed by atoms with Crippen LogP contribution in [0.25, 0.3) is 11.1 Å². The molecule has 1 aliphatic rings. The number of nitrogens with zero attached hydrogens (tertiary/aromatic N) is 4. The SMILES string of the molecule is Cc1cc(Nc2nccc(C(F)F)n2)cc(-c2cnn([C@@H]3CCC[C@H](O)[C@@H]3O)c2)c1. The van der Waals surface area contributed by atoms with Crippen molar-refractivity contribution in [1.82, 2.24) is 19.7 Å². The van der Waals surface area contributed by atoms with Crippen LogP contribution in [0.15, 0.2) is 42.9 Å². The molecule has 0 aliphatic heterocycles. The lowest BCUT2D eigenvalue weighted by Crippen LogP contribution is -2.38. The number of alkyl halides is 2. The van der Waals surface area contributed by atoms with Gasteiger partial charge in [-0.05, 0) is 55.5 Å². The van der Waals surface area contributed by atoms with E-state index >= 15 is 0 Å². The number of aryl methyl sites for hydroxylation is 1. The summed E-state index contributed by atoms with van der Waals surface area (Å²) < 4.78 is 27.5. The van der Waals surface area contributed by atoms with Crippen molar-refractivity contribution >= 4 is 11.6 Å². The minimum Gasteiger partial charge on any atom is -0.390 e. The van der Waals surface area contributed by atoms with Crippen molar-refractivity contribution in [3.63, 3.8) is 0 Å². The molecule has 30 heavy (non-hydrogen) atoms. The molecule has 0 radical (unpaired) electrons. The molecule has 4 rings (SSSR count). The van der Waals surface area contributed by atoms with Gasteiger partial charge in [0.15, 0.2) is 0 Å². The Hall–Kier alpha value is -2.91. The van der Waals surface area contributed by atoms with Crippen LogP contribution in [0.3, 0.4) is 0 Å². The zero-order valence-electron chi connectivity index (χ0n) is 16.4. The van der Waals surface area contributed by atoms with Gasteiger partial charge < -0.3 is 15.5 Å². The summed E-state index contributed by atoms with van der Waals surface area (Å²) >= 11 is 0. The van der Waals surface area contributed by atoms with Gasteiger partial charge in [0.1, 0.15) is 11.8 Å². The van der Waals surface area contributed by atoms with Crippen LogP contribution in [0.4, 0.5) is 20.4 Å². The summed E-state index contributed by atoms with van der Waals surface area (Å²) in [6.45, 7) is 1.93. The van der Waals surface area contributed by atoms with Crippen LogP contribution in [-0.4, -0.2) is 42.2 Å². The van der Waals surface area contributed by atoms with Gasteiger partial charge in [-0.15, -0.1) is 0 Å². The van der Waals surface area contributed by atoms with Crippen LogP contribution in [0.1, 0.15) is 43.0 Å². The van der Waals surface area contributed by atoms with Crippen molar-refractivity contribution in [2.45, 2.75) is 50.9 Å². The van der Waals surface area contributed by atoms with Crippen LogP contribution < -0.4 is 5.32 Å². The maximum absolute atomic E-state index is 12.9. The molecule has 9 heteroatoms. The number of anilines is 2. The number of aliphatic hydroxyl groups excluding tert-OH is 2. The quantitative estimate of drug-likeness (QED) is 0.587. The summed E-state index contributed by atoms with van der Waals surface area (Å²) in [5.74, 6) is 0.0966. The lowest BCUT2D eigenvalue weighted by Gasteiger charge is -2.31. The van der Waals surface area contributed by atoms with E-state index in [1.54, 1.807) is 10.9 Å². The highest BCUT2D eigenvalue weighted by molar-refractivity contribution is 5.70. The molecule has 1 aliphatic carbocycles. The van der Waals surface area contributed by atoms with E-state index in [1.807, 2.05) is 31.3 Å². The summed E-state index contributed by atoms with van der Waals surface area (Å²) in [6.07, 6.45) is 2.76. The van der Waals surface area contributed by atoms with Crippen LogP contribution >= 0.6 is 0 Å². The minimum atomic E-state index is -2.67. The summed E-state index contributed by atoms with van der Waals surface area (Å²) in [7, 11) is 0. The summed E-state index contributed by atoms with van der Waals surface area (Å²) in [5, 5.41) is 27.6. The Morgan fingerprint density at radius 3 is 2.80 bits per heavy atom. The second-order valence-corrected chi connectivity index (χ2v) is 7.58. The maximum atomic E-state index is 12.9. The van der Waals surface area contributed by atoms with Crippen molar-refractivity contribution in [1.29, 1.82) is 0 Å². The fourth-order valence-corrected chi connectivity index (χ4v) is 3.80. The molecule has 3 aromatic rings. The lowest BCUT2D eigenvalue weighted by molar-refractivity contribution is -0.0425. The average Bonchev–Trinajstić information content (AvgIpc) is 3.20. The van der Waals surface area contributed by atoms with Gasteiger partial charge in [-0.2, -0.15) is 5.10 Å². The summed E-state index contributed by atoms with van der Waals surface area (Å²) in [6, 6.07) is 6.62. The number of halogens is 2. The molecule has 0 bridgehead atoms. The predicted octanol–water partition coefficient (Wildman–Crippen LogP) is 3.78. The van der Waals surface area contributed by atoms with Crippen molar-refractivity contribution in [2.24, 2.45) is 0 Å². The van der Waals surface area contributed by atoms with Gasteiger partial charge in [0.2, 0.25) is 5.95 Å². The van der Waals surface area contributed by atoms with Crippen LogP contribution in [0.2, 0.25) is 0 Å². The molecule has 0 saturated heterocycles. The van der Waals surface area contributed by atoms with Gasteiger partial charge in [-0.25, -0.2) is 18.7 Å². The minimum absolute atomic E-state index is 0.0966. The van der Waals surface area contributed by atoms with Crippen molar-refractivity contribution in [2.75, 3.05) is 5.32 Å². The third kappa shape index (κ3) is 4.31. The Labute approximate surface area is 172 Å². The van der Waals surface area contributed by atoms with Crippen molar-refractivity contribution in [3.8, 4) is 11.1 Å². The van der Waals surface area contributed by atoms with E-state index in [9.17, 15) is 19.0 Å². The highest BCUT2D eigenvalue weighted by Crippen LogP contribution is 2.31. The number of hydrogen-bond donors (Lipinski definition) is 3. The molecule has 2 heterocycles. The smallest absolute Gasteiger partial charge is 0.280 e. The summed E-state index contributed by atoms with van der Waals surface area (Å²) in [4.78, 5) is 7.85. The number of rotatable bonds is 5. The van der Waals surface area contributed by atoms with Crippen molar-refractivity contribution < 1.29 is 19.0 Å². The van der Waals surface area contributed by atoms with E-state index in [-0.39, 0.29) is 17.7 Å². The maximum Gasteiger partial charge on any atom is 0.280 e. The van der Waals surface area contributed by atoms with Crippen LogP contribution in [0, 0.1) is 6.92 Å². The molecule has 3 N–H and O–H groups in total. The molecule has 158 valence electrons. The highest BCUT2D eigenvalue weighted by atomic mass is 19.3. The van der Waals surface area contributed by atoms with E-state index in [4.69, 9.17) is 0 Å². The number of aliphatic hydroxyl groups is 2. The first kappa shape index (κ1) is 20.4. The third-order valence-electron chi connectivity index (χ3n) is 5.30. The summed E-state index contributed by atoms with van der Waals surface area (Å²) in [5.41, 5.74) is 3.00. The van der Waals surface area contributed by atoms with E-state index in [0.29, 0.717) is 12.1 Å². The Kier molecular flexibility index (Phi) is 5.74. The van der Waals surface area contributed by atoms with Crippen LogP contribution in [0.5, 0.6) is 0 Å².